The Morgan fingerprint density at radius 3 is 2.56 bits per heavy atom. The molecule has 172 valence electrons. The van der Waals surface area contributed by atoms with Crippen molar-refractivity contribution in [1.29, 1.82) is 0 Å². The fourth-order valence-corrected chi connectivity index (χ4v) is 3.79. The Morgan fingerprint density at radius 1 is 1.00 bits per heavy atom. The maximum atomic E-state index is 11.5. The van der Waals surface area contributed by atoms with Crippen LogP contribution in [-0.4, -0.2) is 37.4 Å². The number of carboxylic acids is 1. The van der Waals surface area contributed by atoms with Crippen LogP contribution in [0.4, 0.5) is 5.69 Å². The maximum absolute atomic E-state index is 11.5. The van der Waals surface area contributed by atoms with E-state index in [2.05, 4.69) is 42.6 Å². The van der Waals surface area contributed by atoms with E-state index in [1.807, 2.05) is 18.2 Å². The SMILES string of the molecule is CCCCOCCOc1ccc(CCCc2ccc3c(c2)C=C(C(=O)O)CCCN3)cc1. The van der Waals surface area contributed by atoms with Gasteiger partial charge in [-0.15, -0.1) is 0 Å². The zero-order chi connectivity index (χ0) is 22.6. The summed E-state index contributed by atoms with van der Waals surface area (Å²) in [7, 11) is 0. The Hall–Kier alpha value is -2.79. The molecule has 1 heterocycles. The average molecular weight is 438 g/mol. The Labute approximate surface area is 191 Å². The molecule has 0 atom stereocenters. The minimum Gasteiger partial charge on any atom is -0.491 e. The van der Waals surface area contributed by atoms with Crippen LogP contribution in [0.3, 0.4) is 0 Å². The van der Waals surface area contributed by atoms with E-state index in [4.69, 9.17) is 9.47 Å². The molecule has 0 aromatic heterocycles. The fourth-order valence-electron chi connectivity index (χ4n) is 3.79. The molecule has 1 aliphatic heterocycles. The molecule has 0 bridgehead atoms. The number of hydrogen-bond acceptors (Lipinski definition) is 4. The van der Waals surface area contributed by atoms with Crippen LogP contribution in [-0.2, 0) is 22.4 Å². The third-order valence-electron chi connectivity index (χ3n) is 5.65. The molecule has 0 radical (unpaired) electrons. The summed E-state index contributed by atoms with van der Waals surface area (Å²) < 4.78 is 11.3. The van der Waals surface area contributed by atoms with Gasteiger partial charge in [0, 0.05) is 24.4 Å². The van der Waals surface area contributed by atoms with E-state index >= 15 is 0 Å². The lowest BCUT2D eigenvalue weighted by molar-refractivity contribution is -0.132. The number of aliphatic carboxylic acids is 1. The summed E-state index contributed by atoms with van der Waals surface area (Å²) >= 11 is 0. The van der Waals surface area contributed by atoms with Gasteiger partial charge in [0.15, 0.2) is 0 Å². The summed E-state index contributed by atoms with van der Waals surface area (Å²) in [5.41, 5.74) is 4.99. The number of benzene rings is 2. The van der Waals surface area contributed by atoms with Gasteiger partial charge in [0.1, 0.15) is 12.4 Å². The van der Waals surface area contributed by atoms with Crippen molar-refractivity contribution < 1.29 is 19.4 Å². The first-order chi connectivity index (χ1) is 15.7. The predicted molar refractivity (Wildman–Crippen MR) is 129 cm³/mol. The topological polar surface area (TPSA) is 67.8 Å². The Kier molecular flexibility index (Phi) is 9.63. The van der Waals surface area contributed by atoms with E-state index in [9.17, 15) is 9.90 Å². The molecule has 0 fully saturated rings. The van der Waals surface area contributed by atoms with Crippen molar-refractivity contribution >= 4 is 17.7 Å². The summed E-state index contributed by atoms with van der Waals surface area (Å²) in [6.07, 6.45) is 8.47. The highest BCUT2D eigenvalue weighted by molar-refractivity contribution is 5.93. The largest absolute Gasteiger partial charge is 0.491 e. The van der Waals surface area contributed by atoms with Crippen molar-refractivity contribution in [3.8, 4) is 5.75 Å². The van der Waals surface area contributed by atoms with Gasteiger partial charge in [-0.1, -0.05) is 31.5 Å². The maximum Gasteiger partial charge on any atom is 0.331 e. The standard InChI is InChI=1S/C27H35NO4/c1-2-3-16-31-17-18-32-25-12-9-21(10-13-25)6-4-7-22-11-14-26-24(19-22)20-23(27(29)30)8-5-15-28-26/h9-14,19-20,28H,2-8,15-18H2,1H3,(H,29,30). The third-order valence-corrected chi connectivity index (χ3v) is 5.65. The number of aryl methyl sites for hydroxylation is 2. The molecule has 0 aliphatic carbocycles. The molecule has 2 aromatic rings. The summed E-state index contributed by atoms with van der Waals surface area (Å²) in [6, 6.07) is 14.6. The van der Waals surface area contributed by atoms with Crippen molar-refractivity contribution in [1.82, 2.24) is 0 Å². The van der Waals surface area contributed by atoms with Crippen LogP contribution < -0.4 is 10.1 Å². The molecule has 5 heteroatoms. The van der Waals surface area contributed by atoms with E-state index in [1.54, 1.807) is 0 Å². The van der Waals surface area contributed by atoms with Gasteiger partial charge in [0.25, 0.3) is 0 Å². The number of anilines is 1. The minimum atomic E-state index is -0.820. The van der Waals surface area contributed by atoms with Crippen LogP contribution in [0.2, 0.25) is 0 Å². The number of ether oxygens (including phenoxy) is 2. The normalized spacial score (nSPS) is 13.3. The zero-order valence-corrected chi connectivity index (χ0v) is 19.1. The number of fused-ring (bicyclic) bond motifs is 1. The molecule has 0 unspecified atom stereocenters. The van der Waals surface area contributed by atoms with E-state index in [0.29, 0.717) is 25.2 Å². The first-order valence-electron chi connectivity index (χ1n) is 11.8. The molecule has 2 N–H and O–H groups in total. The first-order valence-corrected chi connectivity index (χ1v) is 11.8. The smallest absolute Gasteiger partial charge is 0.331 e. The third kappa shape index (κ3) is 7.72. The summed E-state index contributed by atoms with van der Waals surface area (Å²) in [5.74, 6) is 0.0581. The van der Waals surface area contributed by atoms with Crippen LogP contribution in [0.1, 0.15) is 55.7 Å². The van der Waals surface area contributed by atoms with Gasteiger partial charge in [-0.3, -0.25) is 0 Å². The molecule has 1 aliphatic rings. The number of hydrogen-bond donors (Lipinski definition) is 2. The van der Waals surface area contributed by atoms with Crippen LogP contribution in [0, 0.1) is 0 Å². The lowest BCUT2D eigenvalue weighted by Crippen LogP contribution is -2.10. The number of carbonyl (C=O) groups is 1. The Bertz CT molecular complexity index is 889. The van der Waals surface area contributed by atoms with Crippen molar-refractivity contribution in [3.05, 3.63) is 64.7 Å². The number of unbranched alkanes of at least 4 members (excludes halogenated alkanes) is 1. The molecule has 3 rings (SSSR count). The van der Waals surface area contributed by atoms with E-state index in [0.717, 1.165) is 68.7 Å². The van der Waals surface area contributed by atoms with Gasteiger partial charge < -0.3 is 19.9 Å². The molecule has 32 heavy (non-hydrogen) atoms. The van der Waals surface area contributed by atoms with Gasteiger partial charge in [-0.2, -0.15) is 0 Å². The second-order valence-electron chi connectivity index (χ2n) is 8.24. The molecule has 0 saturated heterocycles. The van der Waals surface area contributed by atoms with Gasteiger partial charge in [0.2, 0.25) is 0 Å². The molecule has 0 amide bonds. The lowest BCUT2D eigenvalue weighted by atomic mass is 9.98. The van der Waals surface area contributed by atoms with Gasteiger partial charge in [0.05, 0.1) is 6.61 Å². The second-order valence-corrected chi connectivity index (χ2v) is 8.24. The number of carboxylic acid groups (broad SMARTS) is 1. The van der Waals surface area contributed by atoms with Crippen LogP contribution in [0.5, 0.6) is 5.75 Å². The summed E-state index contributed by atoms with van der Waals surface area (Å²) in [6.45, 7) is 4.96. The quantitative estimate of drug-likeness (QED) is 0.415. The molecular weight excluding hydrogens is 402 g/mol. The average Bonchev–Trinajstić information content (AvgIpc) is 2.78. The van der Waals surface area contributed by atoms with E-state index in [-0.39, 0.29) is 0 Å². The second kappa shape index (κ2) is 12.9. The van der Waals surface area contributed by atoms with Gasteiger partial charge in [-0.05, 0) is 85.6 Å². The lowest BCUT2D eigenvalue weighted by Gasteiger charge is -2.16. The zero-order valence-electron chi connectivity index (χ0n) is 19.1. The molecule has 5 nitrogen and oxygen atoms in total. The Balaban J connectivity index is 1.47. The Morgan fingerprint density at radius 2 is 1.78 bits per heavy atom. The highest BCUT2D eigenvalue weighted by atomic mass is 16.5. The summed E-state index contributed by atoms with van der Waals surface area (Å²) in [4.78, 5) is 11.5. The van der Waals surface area contributed by atoms with Crippen LogP contribution >= 0.6 is 0 Å². The van der Waals surface area contributed by atoms with Crippen molar-refractivity contribution in [3.63, 3.8) is 0 Å². The van der Waals surface area contributed by atoms with Crippen LogP contribution in [0.25, 0.3) is 6.08 Å². The number of rotatable bonds is 12. The first kappa shape index (κ1) is 23.9. The highest BCUT2D eigenvalue weighted by Gasteiger charge is 2.12. The van der Waals surface area contributed by atoms with Gasteiger partial charge in [-0.25, -0.2) is 4.79 Å². The fraction of sp³-hybridized carbons (Fsp3) is 0.444. The summed E-state index contributed by atoms with van der Waals surface area (Å²) in [5, 5.41) is 12.8. The predicted octanol–water partition coefficient (Wildman–Crippen LogP) is 5.73. The molecule has 0 saturated carbocycles. The molecular formula is C27H35NO4. The van der Waals surface area contributed by atoms with E-state index in [1.165, 1.54) is 11.1 Å². The molecule has 0 spiro atoms. The van der Waals surface area contributed by atoms with Crippen molar-refractivity contribution in [2.45, 2.75) is 51.9 Å². The van der Waals surface area contributed by atoms with Crippen molar-refractivity contribution in [2.75, 3.05) is 31.7 Å². The van der Waals surface area contributed by atoms with Crippen molar-refractivity contribution in [2.24, 2.45) is 0 Å². The highest BCUT2D eigenvalue weighted by Crippen LogP contribution is 2.25. The minimum absolute atomic E-state index is 0.486. The van der Waals surface area contributed by atoms with Crippen LogP contribution in [0.15, 0.2) is 48.0 Å². The monoisotopic (exact) mass is 437 g/mol. The number of nitrogens with one attached hydrogen (secondary N) is 1. The van der Waals surface area contributed by atoms with Gasteiger partial charge >= 0.3 is 5.97 Å². The molecule has 2 aromatic carbocycles. The van der Waals surface area contributed by atoms with E-state index < -0.39 is 5.97 Å².